The fourth-order valence-electron chi connectivity index (χ4n) is 2.96. The van der Waals surface area contributed by atoms with Gasteiger partial charge in [0, 0.05) is 50.0 Å². The number of aromatic nitrogens is 2. The molecule has 0 bridgehead atoms. The first-order valence-electron chi connectivity index (χ1n) is 8.65. The van der Waals surface area contributed by atoms with Crippen LogP contribution in [-0.2, 0) is 11.2 Å². The first-order valence-corrected chi connectivity index (χ1v) is 9.59. The Labute approximate surface area is 159 Å². The zero-order chi connectivity index (χ0) is 18.6. The molecule has 140 valence electrons. The molecule has 0 unspecified atom stereocenters. The van der Waals surface area contributed by atoms with Crippen molar-refractivity contribution in [2.45, 2.75) is 12.8 Å². The smallest absolute Gasteiger partial charge is 0.257 e. The molecule has 0 spiro atoms. The Hall–Kier alpha value is -2.94. The minimum atomic E-state index is -0.0670. The lowest BCUT2D eigenvalue weighted by Gasteiger charge is -2.34. The molecular weight excluding hydrogens is 368 g/mol. The number of amides is 2. The molecule has 3 aromatic rings. The lowest BCUT2D eigenvalue weighted by Crippen LogP contribution is -2.50. The van der Waals surface area contributed by atoms with Crippen LogP contribution in [0.1, 0.15) is 22.7 Å². The van der Waals surface area contributed by atoms with Crippen LogP contribution in [-0.4, -0.2) is 58.0 Å². The molecule has 3 aromatic heterocycles. The SMILES string of the molecule is O=C(CCc1nnc(-c2ccsc2)o1)N1CCN(C(=O)c2ccoc2)CC1. The van der Waals surface area contributed by atoms with Crippen molar-refractivity contribution in [3.63, 3.8) is 0 Å². The normalized spacial score (nSPS) is 14.5. The van der Waals surface area contributed by atoms with Crippen LogP contribution in [0.3, 0.4) is 0 Å². The molecule has 4 rings (SSSR count). The molecule has 1 fully saturated rings. The average molecular weight is 386 g/mol. The monoisotopic (exact) mass is 386 g/mol. The largest absolute Gasteiger partial charge is 0.472 e. The van der Waals surface area contributed by atoms with Crippen molar-refractivity contribution in [3.05, 3.63) is 46.9 Å². The highest BCUT2D eigenvalue weighted by Gasteiger charge is 2.25. The molecule has 0 N–H and O–H groups in total. The Morgan fingerprint density at radius 1 is 1.11 bits per heavy atom. The van der Waals surface area contributed by atoms with E-state index in [0.29, 0.717) is 56.4 Å². The van der Waals surface area contributed by atoms with Crippen LogP contribution in [0.2, 0.25) is 0 Å². The summed E-state index contributed by atoms with van der Waals surface area (Å²) in [6, 6.07) is 3.56. The Balaban J connectivity index is 1.26. The third-order valence-corrected chi connectivity index (χ3v) is 5.16. The van der Waals surface area contributed by atoms with Gasteiger partial charge in [-0.3, -0.25) is 9.59 Å². The van der Waals surface area contributed by atoms with Gasteiger partial charge < -0.3 is 18.6 Å². The highest BCUT2D eigenvalue weighted by molar-refractivity contribution is 7.08. The maximum Gasteiger partial charge on any atom is 0.257 e. The average Bonchev–Trinajstić information content (AvgIpc) is 3.47. The number of carbonyl (C=O) groups excluding carboxylic acids is 2. The van der Waals surface area contributed by atoms with Gasteiger partial charge >= 0.3 is 0 Å². The summed E-state index contributed by atoms with van der Waals surface area (Å²) in [6.07, 6.45) is 3.63. The fourth-order valence-corrected chi connectivity index (χ4v) is 3.59. The van der Waals surface area contributed by atoms with Crippen molar-refractivity contribution in [2.75, 3.05) is 26.2 Å². The predicted molar refractivity (Wildman–Crippen MR) is 97.1 cm³/mol. The van der Waals surface area contributed by atoms with Crippen molar-refractivity contribution in [1.29, 1.82) is 0 Å². The van der Waals surface area contributed by atoms with Crippen LogP contribution >= 0.6 is 11.3 Å². The molecule has 2 amide bonds. The third-order valence-electron chi connectivity index (χ3n) is 4.48. The maximum atomic E-state index is 12.4. The number of aryl methyl sites for hydroxylation is 1. The molecule has 0 aliphatic carbocycles. The summed E-state index contributed by atoms with van der Waals surface area (Å²) in [4.78, 5) is 28.2. The van der Waals surface area contributed by atoms with Gasteiger partial charge in [0.2, 0.25) is 17.7 Å². The number of piperazine rings is 1. The van der Waals surface area contributed by atoms with Gasteiger partial charge in [0.25, 0.3) is 5.91 Å². The van der Waals surface area contributed by atoms with Gasteiger partial charge in [-0.15, -0.1) is 10.2 Å². The first-order chi connectivity index (χ1) is 13.2. The fraction of sp³-hybridized carbons (Fsp3) is 0.333. The van der Waals surface area contributed by atoms with Crippen molar-refractivity contribution in [2.24, 2.45) is 0 Å². The van der Waals surface area contributed by atoms with Crippen molar-refractivity contribution in [1.82, 2.24) is 20.0 Å². The second-order valence-corrected chi connectivity index (χ2v) is 6.98. The van der Waals surface area contributed by atoms with Crippen molar-refractivity contribution >= 4 is 23.2 Å². The van der Waals surface area contributed by atoms with E-state index in [1.54, 1.807) is 27.2 Å². The molecule has 1 saturated heterocycles. The van der Waals surface area contributed by atoms with E-state index in [-0.39, 0.29) is 11.8 Å². The van der Waals surface area contributed by atoms with Crippen LogP contribution in [0, 0.1) is 0 Å². The number of rotatable bonds is 5. The van der Waals surface area contributed by atoms with Crippen LogP contribution in [0.5, 0.6) is 0 Å². The predicted octanol–water partition coefficient (Wildman–Crippen LogP) is 2.31. The number of hydrogen-bond donors (Lipinski definition) is 0. The van der Waals surface area contributed by atoms with Gasteiger partial charge in [0.15, 0.2) is 0 Å². The zero-order valence-corrected chi connectivity index (χ0v) is 15.4. The number of thiophene rings is 1. The molecule has 0 aromatic carbocycles. The van der Waals surface area contributed by atoms with E-state index in [1.807, 2.05) is 16.8 Å². The Kier molecular flexibility index (Phi) is 5.01. The molecule has 4 heterocycles. The molecule has 9 heteroatoms. The minimum absolute atomic E-state index is 0.0284. The maximum absolute atomic E-state index is 12.4. The lowest BCUT2D eigenvalue weighted by atomic mass is 10.2. The molecule has 0 atom stereocenters. The van der Waals surface area contributed by atoms with Crippen molar-refractivity contribution < 1.29 is 18.4 Å². The topological polar surface area (TPSA) is 92.7 Å². The quantitative estimate of drug-likeness (QED) is 0.668. The molecule has 1 aliphatic rings. The van der Waals surface area contributed by atoms with E-state index in [2.05, 4.69) is 10.2 Å². The van der Waals surface area contributed by atoms with Gasteiger partial charge in [-0.1, -0.05) is 0 Å². The van der Waals surface area contributed by atoms with Crippen LogP contribution < -0.4 is 0 Å². The summed E-state index contributed by atoms with van der Waals surface area (Å²) in [5.74, 6) is 0.895. The van der Waals surface area contributed by atoms with E-state index in [4.69, 9.17) is 8.83 Å². The Bertz CT molecular complexity index is 896. The number of furan rings is 1. The highest BCUT2D eigenvalue weighted by Crippen LogP contribution is 2.21. The summed E-state index contributed by atoms with van der Waals surface area (Å²) in [6.45, 7) is 2.07. The van der Waals surface area contributed by atoms with E-state index in [9.17, 15) is 9.59 Å². The molecule has 1 aliphatic heterocycles. The van der Waals surface area contributed by atoms with Crippen LogP contribution in [0.4, 0.5) is 0 Å². The summed E-state index contributed by atoms with van der Waals surface area (Å²) < 4.78 is 10.6. The molecule has 0 saturated carbocycles. The van der Waals surface area contributed by atoms with E-state index in [1.165, 1.54) is 12.5 Å². The van der Waals surface area contributed by atoms with E-state index < -0.39 is 0 Å². The zero-order valence-electron chi connectivity index (χ0n) is 14.5. The number of hydrogen-bond acceptors (Lipinski definition) is 7. The molecule has 0 radical (unpaired) electrons. The molecule has 27 heavy (non-hydrogen) atoms. The van der Waals surface area contributed by atoms with Gasteiger partial charge in [0.1, 0.15) is 6.26 Å². The Morgan fingerprint density at radius 3 is 2.63 bits per heavy atom. The van der Waals surface area contributed by atoms with Gasteiger partial charge in [0.05, 0.1) is 11.8 Å². The summed E-state index contributed by atoms with van der Waals surface area (Å²) >= 11 is 1.56. The van der Waals surface area contributed by atoms with Gasteiger partial charge in [-0.25, -0.2) is 0 Å². The Morgan fingerprint density at radius 2 is 1.93 bits per heavy atom. The molecule has 8 nitrogen and oxygen atoms in total. The summed E-state index contributed by atoms with van der Waals surface area (Å²) in [5.41, 5.74) is 1.43. The van der Waals surface area contributed by atoms with Crippen LogP contribution in [0.25, 0.3) is 11.5 Å². The lowest BCUT2D eigenvalue weighted by molar-refractivity contribution is -0.132. The third kappa shape index (κ3) is 3.92. The van der Waals surface area contributed by atoms with Crippen LogP contribution in [0.15, 0.2) is 44.3 Å². The van der Waals surface area contributed by atoms with Gasteiger partial charge in [-0.2, -0.15) is 11.3 Å². The standard InChI is InChI=1S/C18H18N4O4S/c23-16(2-1-15-19-20-17(26-15)14-4-10-27-12-14)21-5-7-22(8-6-21)18(24)13-3-9-25-11-13/h3-4,9-12H,1-2,5-8H2. The second-order valence-electron chi connectivity index (χ2n) is 6.20. The molecular formula is C18H18N4O4S. The van der Waals surface area contributed by atoms with E-state index in [0.717, 1.165) is 5.56 Å². The van der Waals surface area contributed by atoms with Gasteiger partial charge in [-0.05, 0) is 17.5 Å². The number of carbonyl (C=O) groups is 2. The van der Waals surface area contributed by atoms with Crippen molar-refractivity contribution in [3.8, 4) is 11.5 Å². The first kappa shape index (κ1) is 17.5. The second kappa shape index (κ2) is 7.75. The summed E-state index contributed by atoms with van der Waals surface area (Å²) in [7, 11) is 0. The summed E-state index contributed by atoms with van der Waals surface area (Å²) in [5, 5.41) is 11.9. The highest BCUT2D eigenvalue weighted by atomic mass is 32.1. The number of nitrogens with zero attached hydrogens (tertiary/aromatic N) is 4. The van der Waals surface area contributed by atoms with E-state index >= 15 is 0 Å². The minimum Gasteiger partial charge on any atom is -0.472 e.